The van der Waals surface area contributed by atoms with E-state index in [1.807, 2.05) is 4.90 Å². The summed E-state index contributed by atoms with van der Waals surface area (Å²) < 4.78 is 5.60. The van der Waals surface area contributed by atoms with Gasteiger partial charge >= 0.3 is 6.03 Å². The third-order valence-corrected chi connectivity index (χ3v) is 5.14. The van der Waals surface area contributed by atoms with Crippen molar-refractivity contribution in [2.75, 3.05) is 26.3 Å². The molecule has 1 aliphatic heterocycles. The first-order valence-corrected chi connectivity index (χ1v) is 8.96. The van der Waals surface area contributed by atoms with Gasteiger partial charge in [0.15, 0.2) is 0 Å². The van der Waals surface area contributed by atoms with Gasteiger partial charge in [0, 0.05) is 13.1 Å². The minimum atomic E-state index is -0.00138. The smallest absolute Gasteiger partial charge is 0.317 e. The van der Waals surface area contributed by atoms with Crippen LogP contribution in [0.15, 0.2) is 18.2 Å². The normalized spacial score (nSPS) is 26.3. The third-order valence-electron chi connectivity index (χ3n) is 5.14. The van der Waals surface area contributed by atoms with Crippen LogP contribution in [-0.2, 0) is 11.2 Å². The SMILES string of the molecule is Cc1ccc2c(c1)[C@H](NC(=O)N1CCC[C@@H](OCCO)C1)[C@@H](C)C2. The molecule has 1 aromatic rings. The Balaban J connectivity index is 1.63. The zero-order chi connectivity index (χ0) is 17.1. The molecule has 3 rings (SSSR count). The van der Waals surface area contributed by atoms with Gasteiger partial charge in [0.25, 0.3) is 0 Å². The number of urea groups is 1. The lowest BCUT2D eigenvalue weighted by atomic mass is 10.0. The van der Waals surface area contributed by atoms with E-state index < -0.39 is 0 Å². The highest BCUT2D eigenvalue weighted by atomic mass is 16.5. The highest BCUT2D eigenvalue weighted by Crippen LogP contribution is 2.36. The van der Waals surface area contributed by atoms with E-state index in [0.717, 1.165) is 25.8 Å². The number of fused-ring (bicyclic) bond motifs is 1. The molecule has 2 amide bonds. The van der Waals surface area contributed by atoms with Crippen LogP contribution in [-0.4, -0.2) is 48.4 Å². The quantitative estimate of drug-likeness (QED) is 0.890. The Bertz CT molecular complexity index is 590. The predicted octanol–water partition coefficient (Wildman–Crippen LogP) is 2.41. The number of ether oxygens (including phenoxy) is 1. The molecule has 1 fully saturated rings. The first-order chi connectivity index (χ1) is 11.6. The van der Waals surface area contributed by atoms with Gasteiger partial charge in [-0.2, -0.15) is 0 Å². The van der Waals surface area contributed by atoms with Crippen LogP contribution in [0.1, 0.15) is 42.5 Å². The Hall–Kier alpha value is -1.59. The van der Waals surface area contributed by atoms with Crippen LogP contribution in [0.3, 0.4) is 0 Å². The molecule has 5 nitrogen and oxygen atoms in total. The summed E-state index contributed by atoms with van der Waals surface area (Å²) in [5.74, 6) is 0.414. The van der Waals surface area contributed by atoms with Gasteiger partial charge in [-0.05, 0) is 43.2 Å². The molecule has 132 valence electrons. The lowest BCUT2D eigenvalue weighted by Crippen LogP contribution is -2.49. The topological polar surface area (TPSA) is 61.8 Å². The van der Waals surface area contributed by atoms with Crippen LogP contribution in [0.25, 0.3) is 0 Å². The van der Waals surface area contributed by atoms with E-state index in [1.54, 1.807) is 0 Å². The molecular weight excluding hydrogens is 304 g/mol. The molecule has 0 aromatic heterocycles. The predicted molar refractivity (Wildman–Crippen MR) is 93.0 cm³/mol. The molecule has 0 unspecified atom stereocenters. The summed E-state index contributed by atoms with van der Waals surface area (Å²) in [5, 5.41) is 12.1. The van der Waals surface area contributed by atoms with E-state index in [0.29, 0.717) is 19.1 Å². The van der Waals surface area contributed by atoms with E-state index in [9.17, 15) is 4.79 Å². The second-order valence-corrected chi connectivity index (χ2v) is 7.12. The molecule has 0 bridgehead atoms. The third kappa shape index (κ3) is 3.73. The van der Waals surface area contributed by atoms with Crippen LogP contribution in [0.5, 0.6) is 0 Å². The molecule has 2 aliphatic rings. The summed E-state index contributed by atoms with van der Waals surface area (Å²) >= 11 is 0. The molecule has 1 saturated heterocycles. The van der Waals surface area contributed by atoms with Crippen molar-refractivity contribution in [1.82, 2.24) is 10.2 Å². The van der Waals surface area contributed by atoms with E-state index in [2.05, 4.69) is 37.4 Å². The zero-order valence-corrected chi connectivity index (χ0v) is 14.6. The number of hydrogen-bond donors (Lipinski definition) is 2. The molecule has 0 spiro atoms. The average molecular weight is 332 g/mol. The second kappa shape index (κ2) is 7.53. The Morgan fingerprint density at radius 3 is 3.08 bits per heavy atom. The Morgan fingerprint density at radius 2 is 2.29 bits per heavy atom. The lowest BCUT2D eigenvalue weighted by Gasteiger charge is -2.34. The molecule has 1 aliphatic carbocycles. The van der Waals surface area contributed by atoms with Crippen molar-refractivity contribution in [3.8, 4) is 0 Å². The van der Waals surface area contributed by atoms with Gasteiger partial charge in [-0.25, -0.2) is 4.79 Å². The number of amides is 2. The van der Waals surface area contributed by atoms with E-state index >= 15 is 0 Å². The maximum absolute atomic E-state index is 12.7. The van der Waals surface area contributed by atoms with Gasteiger partial charge in [0.05, 0.1) is 25.4 Å². The van der Waals surface area contributed by atoms with Crippen LogP contribution in [0, 0.1) is 12.8 Å². The van der Waals surface area contributed by atoms with Crippen molar-refractivity contribution in [3.63, 3.8) is 0 Å². The van der Waals surface area contributed by atoms with Gasteiger partial charge in [-0.3, -0.25) is 0 Å². The van der Waals surface area contributed by atoms with Crippen molar-refractivity contribution < 1.29 is 14.6 Å². The number of benzene rings is 1. The number of hydrogen-bond acceptors (Lipinski definition) is 3. The summed E-state index contributed by atoms with van der Waals surface area (Å²) in [4.78, 5) is 14.6. The Kier molecular flexibility index (Phi) is 5.41. The summed E-state index contributed by atoms with van der Waals surface area (Å²) in [6.07, 6.45) is 2.95. The Labute approximate surface area is 144 Å². The lowest BCUT2D eigenvalue weighted by molar-refractivity contribution is -0.00610. The van der Waals surface area contributed by atoms with Gasteiger partial charge < -0.3 is 20.1 Å². The molecule has 3 atom stereocenters. The summed E-state index contributed by atoms with van der Waals surface area (Å²) in [6, 6.07) is 6.62. The van der Waals surface area contributed by atoms with Crippen molar-refractivity contribution in [2.24, 2.45) is 5.92 Å². The Morgan fingerprint density at radius 1 is 1.46 bits per heavy atom. The number of piperidine rings is 1. The van der Waals surface area contributed by atoms with E-state index in [-0.39, 0.29) is 24.8 Å². The number of nitrogens with one attached hydrogen (secondary N) is 1. The van der Waals surface area contributed by atoms with Gasteiger partial charge in [0.2, 0.25) is 0 Å². The molecule has 0 saturated carbocycles. The minimum absolute atomic E-state index is 0.00138. The van der Waals surface area contributed by atoms with Gasteiger partial charge in [-0.15, -0.1) is 0 Å². The minimum Gasteiger partial charge on any atom is -0.394 e. The fourth-order valence-electron chi connectivity index (χ4n) is 3.88. The number of likely N-dealkylation sites (tertiary alicyclic amines) is 1. The highest BCUT2D eigenvalue weighted by molar-refractivity contribution is 5.75. The number of aryl methyl sites for hydroxylation is 1. The number of rotatable bonds is 4. The summed E-state index contributed by atoms with van der Waals surface area (Å²) in [5.41, 5.74) is 3.85. The van der Waals surface area contributed by atoms with Crippen molar-refractivity contribution >= 4 is 6.03 Å². The number of nitrogens with zero attached hydrogens (tertiary/aromatic N) is 1. The molecule has 1 heterocycles. The van der Waals surface area contributed by atoms with Crippen LogP contribution in [0.2, 0.25) is 0 Å². The number of carbonyl (C=O) groups excluding carboxylic acids is 1. The number of carbonyl (C=O) groups is 1. The average Bonchev–Trinajstić information content (AvgIpc) is 2.88. The second-order valence-electron chi connectivity index (χ2n) is 7.12. The van der Waals surface area contributed by atoms with Crippen molar-refractivity contribution in [3.05, 3.63) is 34.9 Å². The van der Waals surface area contributed by atoms with Crippen LogP contribution in [0.4, 0.5) is 4.79 Å². The van der Waals surface area contributed by atoms with Gasteiger partial charge in [-0.1, -0.05) is 30.7 Å². The standard InChI is InChI=1S/C19H28N2O3/c1-13-5-6-15-11-14(2)18(17(15)10-13)20-19(23)21-7-3-4-16(12-21)24-9-8-22/h5-6,10,14,16,18,22H,3-4,7-9,11-12H2,1-2H3,(H,20,23)/t14-,16+,18+/m0/s1. The molecular formula is C19H28N2O3. The first-order valence-electron chi connectivity index (χ1n) is 8.96. The monoisotopic (exact) mass is 332 g/mol. The van der Waals surface area contributed by atoms with Crippen molar-refractivity contribution in [1.29, 1.82) is 0 Å². The maximum Gasteiger partial charge on any atom is 0.317 e. The molecule has 0 radical (unpaired) electrons. The van der Waals surface area contributed by atoms with Crippen molar-refractivity contribution in [2.45, 2.75) is 45.3 Å². The maximum atomic E-state index is 12.7. The van der Waals surface area contributed by atoms with Crippen LogP contribution < -0.4 is 5.32 Å². The largest absolute Gasteiger partial charge is 0.394 e. The van der Waals surface area contributed by atoms with Gasteiger partial charge in [0.1, 0.15) is 0 Å². The summed E-state index contributed by atoms with van der Waals surface area (Å²) in [7, 11) is 0. The van der Waals surface area contributed by atoms with E-state index in [4.69, 9.17) is 9.84 Å². The van der Waals surface area contributed by atoms with E-state index in [1.165, 1.54) is 16.7 Å². The molecule has 1 aromatic carbocycles. The fourth-order valence-corrected chi connectivity index (χ4v) is 3.88. The number of aliphatic hydroxyl groups excluding tert-OH is 1. The summed E-state index contributed by atoms with van der Waals surface area (Å²) in [6.45, 7) is 6.03. The molecule has 5 heteroatoms. The number of aliphatic hydroxyl groups is 1. The molecule has 2 N–H and O–H groups in total. The highest BCUT2D eigenvalue weighted by Gasteiger charge is 2.33. The zero-order valence-electron chi connectivity index (χ0n) is 14.6. The van der Waals surface area contributed by atoms with Crippen LogP contribution >= 0.6 is 0 Å². The fraction of sp³-hybridized carbons (Fsp3) is 0.632. The molecule has 24 heavy (non-hydrogen) atoms. The first kappa shape index (κ1) is 17.2.